The lowest BCUT2D eigenvalue weighted by atomic mass is 9.93. The number of benzene rings is 1. The summed E-state index contributed by atoms with van der Waals surface area (Å²) in [6.07, 6.45) is 4.96. The van der Waals surface area contributed by atoms with E-state index < -0.39 is 0 Å². The molecular weight excluding hydrogens is 236 g/mol. The van der Waals surface area contributed by atoms with Gasteiger partial charge in [-0.15, -0.1) is 0 Å². The lowest BCUT2D eigenvalue weighted by Crippen LogP contribution is -2.20. The van der Waals surface area contributed by atoms with Gasteiger partial charge in [0.25, 0.3) is 0 Å². The molecule has 0 aromatic heterocycles. The van der Waals surface area contributed by atoms with Gasteiger partial charge in [-0.1, -0.05) is 51.0 Å². The molecule has 0 spiro atoms. The number of aryl methyl sites for hydroxylation is 1. The molecule has 0 radical (unpaired) electrons. The van der Waals surface area contributed by atoms with Crippen LogP contribution in [0.1, 0.15) is 51.2 Å². The molecule has 1 atom stereocenters. The van der Waals surface area contributed by atoms with E-state index in [4.69, 9.17) is 4.74 Å². The van der Waals surface area contributed by atoms with Crippen LogP contribution in [0.25, 0.3) is 0 Å². The Morgan fingerprint density at radius 2 is 1.89 bits per heavy atom. The van der Waals surface area contributed by atoms with Crippen LogP contribution in [0.3, 0.4) is 0 Å². The maximum absolute atomic E-state index is 11.9. The van der Waals surface area contributed by atoms with E-state index in [1.54, 1.807) is 0 Å². The highest BCUT2D eigenvalue weighted by molar-refractivity contribution is 5.72. The molecule has 1 unspecified atom stereocenters. The maximum Gasteiger partial charge on any atom is 0.309 e. The van der Waals surface area contributed by atoms with Gasteiger partial charge in [-0.3, -0.25) is 4.79 Å². The van der Waals surface area contributed by atoms with Crippen LogP contribution < -0.4 is 0 Å². The molecule has 0 aliphatic carbocycles. The van der Waals surface area contributed by atoms with Gasteiger partial charge < -0.3 is 4.74 Å². The van der Waals surface area contributed by atoms with Gasteiger partial charge in [-0.25, -0.2) is 0 Å². The van der Waals surface area contributed by atoms with Crippen molar-refractivity contribution in [2.45, 2.75) is 52.9 Å². The first-order chi connectivity index (χ1) is 9.21. The number of carbonyl (C=O) groups excluding carboxylic acids is 1. The normalized spacial score (nSPS) is 12.2. The topological polar surface area (TPSA) is 26.3 Å². The van der Waals surface area contributed by atoms with Crippen molar-refractivity contribution in [3.8, 4) is 0 Å². The summed E-state index contributed by atoms with van der Waals surface area (Å²) >= 11 is 0. The van der Waals surface area contributed by atoms with Gasteiger partial charge in [-0.05, 0) is 37.3 Å². The highest BCUT2D eigenvalue weighted by Gasteiger charge is 2.19. The zero-order valence-electron chi connectivity index (χ0n) is 12.4. The molecule has 2 nitrogen and oxygen atoms in total. The predicted molar refractivity (Wildman–Crippen MR) is 79.2 cm³/mol. The fourth-order valence-corrected chi connectivity index (χ4v) is 2.40. The van der Waals surface area contributed by atoms with Crippen molar-refractivity contribution in [2.24, 2.45) is 5.92 Å². The largest absolute Gasteiger partial charge is 0.466 e. The molecule has 106 valence electrons. The molecule has 1 aromatic carbocycles. The van der Waals surface area contributed by atoms with Crippen LogP contribution in [0.4, 0.5) is 0 Å². The Morgan fingerprint density at radius 1 is 1.16 bits per heavy atom. The van der Waals surface area contributed by atoms with Crippen molar-refractivity contribution in [1.29, 1.82) is 0 Å². The predicted octanol–water partition coefficient (Wildman–Crippen LogP) is 4.16. The Hall–Kier alpha value is -1.31. The van der Waals surface area contributed by atoms with Crippen molar-refractivity contribution in [1.82, 2.24) is 0 Å². The van der Waals surface area contributed by atoms with E-state index in [-0.39, 0.29) is 11.9 Å². The minimum atomic E-state index is -0.0507. The van der Waals surface area contributed by atoms with Crippen molar-refractivity contribution in [3.63, 3.8) is 0 Å². The molecule has 0 aliphatic rings. The van der Waals surface area contributed by atoms with Crippen LogP contribution in [-0.4, -0.2) is 12.6 Å². The third kappa shape index (κ3) is 5.46. The smallest absolute Gasteiger partial charge is 0.309 e. The SMILES string of the molecule is CCCc1cccc(CC(CCC)C(=O)OCC)c1. The highest BCUT2D eigenvalue weighted by Crippen LogP contribution is 2.17. The summed E-state index contributed by atoms with van der Waals surface area (Å²) in [4.78, 5) is 11.9. The Balaban J connectivity index is 2.72. The number of esters is 1. The minimum absolute atomic E-state index is 0.00169. The van der Waals surface area contributed by atoms with Gasteiger partial charge in [0.2, 0.25) is 0 Å². The lowest BCUT2D eigenvalue weighted by Gasteiger charge is -2.15. The molecule has 0 saturated carbocycles. The summed E-state index contributed by atoms with van der Waals surface area (Å²) in [7, 11) is 0. The second kappa shape index (κ2) is 8.73. The van der Waals surface area contributed by atoms with E-state index in [9.17, 15) is 4.79 Å². The van der Waals surface area contributed by atoms with E-state index in [2.05, 4.69) is 38.1 Å². The van der Waals surface area contributed by atoms with Gasteiger partial charge in [0, 0.05) is 0 Å². The lowest BCUT2D eigenvalue weighted by molar-refractivity contribution is -0.148. The maximum atomic E-state index is 11.9. The first-order valence-electron chi connectivity index (χ1n) is 7.45. The number of hydrogen-bond acceptors (Lipinski definition) is 2. The third-order valence-electron chi connectivity index (χ3n) is 3.27. The highest BCUT2D eigenvalue weighted by atomic mass is 16.5. The van der Waals surface area contributed by atoms with Crippen LogP contribution in [0.2, 0.25) is 0 Å². The summed E-state index contributed by atoms with van der Waals surface area (Å²) in [5.41, 5.74) is 2.61. The van der Waals surface area contributed by atoms with Gasteiger partial charge in [0.15, 0.2) is 0 Å². The molecular formula is C17H26O2. The first kappa shape index (κ1) is 15.7. The van der Waals surface area contributed by atoms with Crippen LogP contribution in [0.5, 0.6) is 0 Å². The van der Waals surface area contributed by atoms with Crippen LogP contribution in [0, 0.1) is 5.92 Å². The molecule has 1 aromatic rings. The summed E-state index contributed by atoms with van der Waals surface area (Å²) < 4.78 is 5.17. The van der Waals surface area contributed by atoms with Crippen LogP contribution >= 0.6 is 0 Å². The number of ether oxygens (including phenoxy) is 1. The zero-order chi connectivity index (χ0) is 14.1. The molecule has 0 bridgehead atoms. The summed E-state index contributed by atoms with van der Waals surface area (Å²) in [5, 5.41) is 0. The minimum Gasteiger partial charge on any atom is -0.466 e. The average Bonchev–Trinajstić information content (AvgIpc) is 2.39. The van der Waals surface area contributed by atoms with E-state index >= 15 is 0 Å². The number of hydrogen-bond donors (Lipinski definition) is 0. The molecule has 2 heteroatoms. The summed E-state index contributed by atoms with van der Waals surface area (Å²) in [6.45, 7) is 6.63. The standard InChI is InChI=1S/C17H26O2/c1-4-8-14-10-7-11-15(12-14)13-16(9-5-2)17(18)19-6-3/h7,10-12,16H,4-6,8-9,13H2,1-3H3. The average molecular weight is 262 g/mol. The molecule has 0 fully saturated rings. The zero-order valence-corrected chi connectivity index (χ0v) is 12.4. The molecule has 0 aliphatic heterocycles. The van der Waals surface area contributed by atoms with Crippen molar-refractivity contribution >= 4 is 5.97 Å². The van der Waals surface area contributed by atoms with Gasteiger partial charge in [0.05, 0.1) is 12.5 Å². The van der Waals surface area contributed by atoms with E-state index in [1.165, 1.54) is 11.1 Å². The Kier molecular flexibility index (Phi) is 7.24. The second-order valence-corrected chi connectivity index (χ2v) is 5.01. The van der Waals surface area contributed by atoms with Crippen molar-refractivity contribution in [3.05, 3.63) is 35.4 Å². The van der Waals surface area contributed by atoms with Crippen molar-refractivity contribution in [2.75, 3.05) is 6.61 Å². The van der Waals surface area contributed by atoms with E-state index in [0.717, 1.165) is 32.1 Å². The third-order valence-corrected chi connectivity index (χ3v) is 3.27. The van der Waals surface area contributed by atoms with Crippen molar-refractivity contribution < 1.29 is 9.53 Å². The quantitative estimate of drug-likeness (QED) is 0.657. The second-order valence-electron chi connectivity index (χ2n) is 5.01. The first-order valence-corrected chi connectivity index (χ1v) is 7.45. The Bertz CT molecular complexity index is 385. The Morgan fingerprint density at radius 3 is 2.53 bits per heavy atom. The van der Waals surface area contributed by atoms with Gasteiger partial charge >= 0.3 is 5.97 Å². The van der Waals surface area contributed by atoms with Crippen LogP contribution in [-0.2, 0) is 22.4 Å². The summed E-state index contributed by atoms with van der Waals surface area (Å²) in [5.74, 6) is -0.0490. The molecule has 0 amide bonds. The number of rotatable bonds is 8. The number of carbonyl (C=O) groups is 1. The fraction of sp³-hybridized carbons (Fsp3) is 0.588. The molecule has 1 rings (SSSR count). The summed E-state index contributed by atoms with van der Waals surface area (Å²) in [6, 6.07) is 8.59. The fourth-order valence-electron chi connectivity index (χ4n) is 2.40. The Labute approximate surface area is 117 Å². The van der Waals surface area contributed by atoms with E-state index in [0.29, 0.717) is 6.61 Å². The van der Waals surface area contributed by atoms with Crippen LogP contribution in [0.15, 0.2) is 24.3 Å². The molecule has 0 heterocycles. The van der Waals surface area contributed by atoms with E-state index in [1.807, 2.05) is 6.92 Å². The molecule has 19 heavy (non-hydrogen) atoms. The molecule has 0 saturated heterocycles. The van der Waals surface area contributed by atoms with Gasteiger partial charge in [0.1, 0.15) is 0 Å². The molecule has 0 N–H and O–H groups in total. The van der Waals surface area contributed by atoms with Gasteiger partial charge in [-0.2, -0.15) is 0 Å². The monoisotopic (exact) mass is 262 g/mol.